The molecule has 1 fully saturated rings. The van der Waals surface area contributed by atoms with Gasteiger partial charge in [-0.1, -0.05) is 13.3 Å². The first-order valence-corrected chi connectivity index (χ1v) is 6.67. The molecular weight excluding hydrogens is 184 g/mol. The average molecular weight is 212 g/mol. The van der Waals surface area contributed by atoms with E-state index in [4.69, 9.17) is 0 Å². The fourth-order valence-electron chi connectivity index (χ4n) is 2.29. The molecule has 90 valence electrons. The standard InChI is InChI=1S/C13H28N2/c1-4-12(2)15(3)11-7-9-13-8-5-6-10-14-13/h12-14H,4-11H2,1-3H3. The molecule has 2 unspecified atom stereocenters. The number of hydrogen-bond donors (Lipinski definition) is 1. The minimum atomic E-state index is 0.740. The molecule has 1 N–H and O–H groups in total. The number of rotatable bonds is 6. The molecular formula is C13H28N2. The van der Waals surface area contributed by atoms with Crippen LogP contribution in [0.4, 0.5) is 0 Å². The minimum absolute atomic E-state index is 0.740. The highest BCUT2D eigenvalue weighted by Gasteiger charge is 2.12. The first-order valence-electron chi connectivity index (χ1n) is 6.67. The van der Waals surface area contributed by atoms with Gasteiger partial charge in [0.05, 0.1) is 0 Å². The Labute approximate surface area is 95.4 Å². The Morgan fingerprint density at radius 2 is 2.20 bits per heavy atom. The van der Waals surface area contributed by atoms with Crippen LogP contribution in [0, 0.1) is 0 Å². The topological polar surface area (TPSA) is 15.3 Å². The van der Waals surface area contributed by atoms with Gasteiger partial charge in [0.1, 0.15) is 0 Å². The minimum Gasteiger partial charge on any atom is -0.314 e. The van der Waals surface area contributed by atoms with Gasteiger partial charge in [0.15, 0.2) is 0 Å². The summed E-state index contributed by atoms with van der Waals surface area (Å²) in [4.78, 5) is 2.49. The Morgan fingerprint density at radius 3 is 2.80 bits per heavy atom. The van der Waals surface area contributed by atoms with Crippen LogP contribution in [0.1, 0.15) is 52.4 Å². The molecule has 0 bridgehead atoms. The Kier molecular flexibility index (Phi) is 6.26. The van der Waals surface area contributed by atoms with E-state index in [1.807, 2.05) is 0 Å². The molecule has 0 aromatic carbocycles. The summed E-state index contributed by atoms with van der Waals surface area (Å²) in [7, 11) is 2.25. The van der Waals surface area contributed by atoms with Gasteiger partial charge >= 0.3 is 0 Å². The van der Waals surface area contributed by atoms with E-state index in [-0.39, 0.29) is 0 Å². The smallest absolute Gasteiger partial charge is 0.00675 e. The summed E-state index contributed by atoms with van der Waals surface area (Å²) in [6.07, 6.45) is 8.17. The van der Waals surface area contributed by atoms with Crippen LogP contribution in [-0.2, 0) is 0 Å². The Morgan fingerprint density at radius 1 is 1.40 bits per heavy atom. The van der Waals surface area contributed by atoms with E-state index < -0.39 is 0 Å². The maximum absolute atomic E-state index is 3.62. The second-order valence-electron chi connectivity index (χ2n) is 5.03. The molecule has 2 nitrogen and oxygen atoms in total. The maximum atomic E-state index is 3.62. The maximum Gasteiger partial charge on any atom is 0.00675 e. The molecule has 1 saturated heterocycles. The lowest BCUT2D eigenvalue weighted by molar-refractivity contribution is 0.239. The van der Waals surface area contributed by atoms with Gasteiger partial charge in [-0.15, -0.1) is 0 Å². The third-order valence-electron chi connectivity index (χ3n) is 3.82. The lowest BCUT2D eigenvalue weighted by Gasteiger charge is -2.26. The first kappa shape index (κ1) is 13.0. The zero-order valence-electron chi connectivity index (χ0n) is 10.8. The fourth-order valence-corrected chi connectivity index (χ4v) is 2.29. The molecule has 1 rings (SSSR count). The van der Waals surface area contributed by atoms with E-state index in [1.54, 1.807) is 0 Å². The normalized spacial score (nSPS) is 24.4. The van der Waals surface area contributed by atoms with Crippen LogP contribution in [0.25, 0.3) is 0 Å². The molecule has 0 amide bonds. The van der Waals surface area contributed by atoms with Crippen molar-refractivity contribution in [2.45, 2.75) is 64.5 Å². The average Bonchev–Trinajstić information content (AvgIpc) is 2.29. The number of nitrogens with zero attached hydrogens (tertiary/aromatic N) is 1. The molecule has 0 saturated carbocycles. The van der Waals surface area contributed by atoms with Crippen molar-refractivity contribution in [3.05, 3.63) is 0 Å². The lowest BCUT2D eigenvalue weighted by Crippen LogP contribution is -2.35. The van der Waals surface area contributed by atoms with E-state index in [0.717, 1.165) is 12.1 Å². The van der Waals surface area contributed by atoms with Gasteiger partial charge < -0.3 is 10.2 Å². The van der Waals surface area contributed by atoms with E-state index >= 15 is 0 Å². The second-order valence-corrected chi connectivity index (χ2v) is 5.03. The van der Waals surface area contributed by atoms with Crippen LogP contribution in [0.15, 0.2) is 0 Å². The van der Waals surface area contributed by atoms with Crippen molar-refractivity contribution in [1.29, 1.82) is 0 Å². The van der Waals surface area contributed by atoms with Crippen molar-refractivity contribution in [2.24, 2.45) is 0 Å². The van der Waals surface area contributed by atoms with E-state index in [9.17, 15) is 0 Å². The van der Waals surface area contributed by atoms with Gasteiger partial charge in [-0.3, -0.25) is 0 Å². The van der Waals surface area contributed by atoms with Crippen molar-refractivity contribution < 1.29 is 0 Å². The SMILES string of the molecule is CCC(C)N(C)CCCC1CCCCN1. The summed E-state index contributed by atoms with van der Waals surface area (Å²) in [5.74, 6) is 0. The Bertz CT molecular complexity index is 151. The third-order valence-corrected chi connectivity index (χ3v) is 3.82. The summed E-state index contributed by atoms with van der Waals surface area (Å²) in [6.45, 7) is 7.09. The molecule has 15 heavy (non-hydrogen) atoms. The zero-order chi connectivity index (χ0) is 11.1. The van der Waals surface area contributed by atoms with Gasteiger partial charge in [0, 0.05) is 12.1 Å². The van der Waals surface area contributed by atoms with Crippen molar-refractivity contribution in [3.8, 4) is 0 Å². The highest BCUT2D eigenvalue weighted by atomic mass is 15.1. The summed E-state index contributed by atoms with van der Waals surface area (Å²) < 4.78 is 0. The molecule has 0 spiro atoms. The molecule has 0 aromatic rings. The van der Waals surface area contributed by atoms with Crippen LogP contribution >= 0.6 is 0 Å². The summed E-state index contributed by atoms with van der Waals surface area (Å²) in [5, 5.41) is 3.62. The molecule has 2 heteroatoms. The zero-order valence-corrected chi connectivity index (χ0v) is 10.8. The predicted octanol–water partition coefficient (Wildman–Crippen LogP) is 2.64. The van der Waals surface area contributed by atoms with Gasteiger partial charge in [0.25, 0.3) is 0 Å². The molecule has 1 aliphatic heterocycles. The van der Waals surface area contributed by atoms with Crippen LogP contribution in [0.3, 0.4) is 0 Å². The fraction of sp³-hybridized carbons (Fsp3) is 1.00. The summed E-state index contributed by atoms with van der Waals surface area (Å²) >= 11 is 0. The van der Waals surface area contributed by atoms with E-state index in [0.29, 0.717) is 0 Å². The molecule has 1 aliphatic rings. The van der Waals surface area contributed by atoms with Gasteiger partial charge in [-0.05, 0) is 59.2 Å². The predicted molar refractivity (Wildman–Crippen MR) is 67.3 cm³/mol. The molecule has 0 aliphatic carbocycles. The van der Waals surface area contributed by atoms with Crippen LogP contribution < -0.4 is 5.32 Å². The summed E-state index contributed by atoms with van der Waals surface area (Å²) in [6, 6.07) is 1.55. The van der Waals surface area contributed by atoms with Crippen LogP contribution in [-0.4, -0.2) is 37.1 Å². The molecule has 0 radical (unpaired) electrons. The van der Waals surface area contributed by atoms with E-state index in [2.05, 4.69) is 31.1 Å². The van der Waals surface area contributed by atoms with Crippen molar-refractivity contribution in [3.63, 3.8) is 0 Å². The molecule has 2 atom stereocenters. The quantitative estimate of drug-likeness (QED) is 0.728. The van der Waals surface area contributed by atoms with Crippen LogP contribution in [0.5, 0.6) is 0 Å². The second kappa shape index (κ2) is 7.24. The Hall–Kier alpha value is -0.0800. The van der Waals surface area contributed by atoms with Crippen molar-refractivity contribution >= 4 is 0 Å². The highest BCUT2D eigenvalue weighted by Crippen LogP contribution is 2.12. The van der Waals surface area contributed by atoms with Gasteiger partial charge in [-0.25, -0.2) is 0 Å². The highest BCUT2D eigenvalue weighted by molar-refractivity contribution is 4.72. The first-order chi connectivity index (χ1) is 7.24. The van der Waals surface area contributed by atoms with Gasteiger partial charge in [0.2, 0.25) is 0 Å². The van der Waals surface area contributed by atoms with Crippen LogP contribution in [0.2, 0.25) is 0 Å². The summed E-state index contributed by atoms with van der Waals surface area (Å²) in [5.41, 5.74) is 0. The number of piperidine rings is 1. The number of nitrogens with one attached hydrogen (secondary N) is 1. The lowest BCUT2D eigenvalue weighted by atomic mass is 10.0. The molecule has 0 aromatic heterocycles. The largest absolute Gasteiger partial charge is 0.314 e. The third kappa shape index (κ3) is 4.98. The molecule has 1 heterocycles. The number of hydrogen-bond acceptors (Lipinski definition) is 2. The monoisotopic (exact) mass is 212 g/mol. The van der Waals surface area contributed by atoms with Crippen molar-refractivity contribution in [1.82, 2.24) is 10.2 Å². The van der Waals surface area contributed by atoms with E-state index in [1.165, 1.54) is 51.6 Å². The van der Waals surface area contributed by atoms with Crippen molar-refractivity contribution in [2.75, 3.05) is 20.1 Å². The Balaban J connectivity index is 2.04. The van der Waals surface area contributed by atoms with Gasteiger partial charge in [-0.2, -0.15) is 0 Å².